The summed E-state index contributed by atoms with van der Waals surface area (Å²) in [6.07, 6.45) is 3.35. The van der Waals surface area contributed by atoms with Crippen molar-refractivity contribution in [3.63, 3.8) is 0 Å². The Morgan fingerprint density at radius 1 is 1.04 bits per heavy atom. The first-order valence-electron chi connectivity index (χ1n) is 8.34. The molecule has 0 N–H and O–H groups in total. The van der Waals surface area contributed by atoms with E-state index in [-0.39, 0.29) is 11.7 Å². The van der Waals surface area contributed by atoms with Crippen LogP contribution in [0, 0.1) is 0 Å². The number of unbranched alkanes of at least 4 members (excludes halogenated alkanes) is 1. The zero-order valence-corrected chi connectivity index (χ0v) is 14.8. The Kier molecular flexibility index (Phi) is 6.18. The molecule has 0 bridgehead atoms. The highest BCUT2D eigenvalue weighted by atomic mass is 32.2. The number of benzene rings is 1. The largest absolute Gasteiger partial charge is 0.336 e. The van der Waals surface area contributed by atoms with Crippen molar-refractivity contribution in [3.05, 3.63) is 35.4 Å². The Balaban J connectivity index is 1.94. The fraction of sp³-hybridized carbons (Fsp3) is 0.588. The van der Waals surface area contributed by atoms with E-state index in [2.05, 4.69) is 6.92 Å². The van der Waals surface area contributed by atoms with Crippen LogP contribution >= 0.6 is 0 Å². The van der Waals surface area contributed by atoms with Crippen LogP contribution in [-0.4, -0.2) is 55.5 Å². The van der Waals surface area contributed by atoms with Crippen molar-refractivity contribution < 1.29 is 13.2 Å². The van der Waals surface area contributed by atoms with Gasteiger partial charge in [-0.2, -0.15) is 4.31 Å². The van der Waals surface area contributed by atoms with Gasteiger partial charge in [-0.3, -0.25) is 4.79 Å². The lowest BCUT2D eigenvalue weighted by molar-refractivity contribution is 0.0698. The van der Waals surface area contributed by atoms with Crippen LogP contribution in [0.3, 0.4) is 0 Å². The van der Waals surface area contributed by atoms with E-state index in [1.807, 2.05) is 24.3 Å². The second kappa shape index (κ2) is 7.93. The molecule has 0 unspecified atom stereocenters. The maximum atomic E-state index is 12.5. The summed E-state index contributed by atoms with van der Waals surface area (Å²) in [6.45, 7) is 5.49. The summed E-state index contributed by atoms with van der Waals surface area (Å²) in [5, 5.41) is 0. The van der Waals surface area contributed by atoms with Gasteiger partial charge in [0.1, 0.15) is 0 Å². The van der Waals surface area contributed by atoms with Crippen molar-refractivity contribution in [2.45, 2.75) is 33.1 Å². The normalized spacial score (nSPS) is 16.5. The molecular formula is C17H26N2O3S. The maximum absolute atomic E-state index is 12.5. The van der Waals surface area contributed by atoms with E-state index in [1.54, 1.807) is 11.8 Å². The maximum Gasteiger partial charge on any atom is 0.253 e. The molecular weight excluding hydrogens is 312 g/mol. The monoisotopic (exact) mass is 338 g/mol. The first-order chi connectivity index (χ1) is 11.0. The summed E-state index contributed by atoms with van der Waals surface area (Å²) in [7, 11) is -3.15. The molecule has 1 aromatic rings. The number of sulfonamides is 1. The van der Waals surface area contributed by atoms with E-state index in [0.29, 0.717) is 31.7 Å². The molecule has 0 radical (unpaired) electrons. The standard InChI is InChI=1S/C17H26N2O3S/c1-3-5-6-15-7-9-16(10-8-15)17(20)18-11-13-19(14-12-18)23(21,22)4-2/h7-10H,3-6,11-14H2,1-2H3. The number of amides is 1. The van der Waals surface area contributed by atoms with Crippen LogP contribution in [-0.2, 0) is 16.4 Å². The van der Waals surface area contributed by atoms with Gasteiger partial charge < -0.3 is 4.90 Å². The van der Waals surface area contributed by atoms with Gasteiger partial charge in [-0.1, -0.05) is 25.5 Å². The molecule has 1 amide bonds. The van der Waals surface area contributed by atoms with Gasteiger partial charge in [-0.05, 0) is 37.5 Å². The fourth-order valence-electron chi connectivity index (χ4n) is 2.73. The quantitative estimate of drug-likeness (QED) is 0.798. The SMILES string of the molecule is CCCCc1ccc(C(=O)N2CCN(S(=O)(=O)CC)CC2)cc1. The van der Waals surface area contributed by atoms with Gasteiger partial charge in [0.25, 0.3) is 5.91 Å². The third kappa shape index (κ3) is 4.54. The molecule has 0 saturated carbocycles. The summed E-state index contributed by atoms with van der Waals surface area (Å²) in [4.78, 5) is 14.2. The first-order valence-corrected chi connectivity index (χ1v) is 9.95. The molecule has 0 atom stereocenters. The molecule has 1 fully saturated rings. The molecule has 0 aromatic heterocycles. The molecule has 1 aliphatic heterocycles. The number of nitrogens with zero attached hydrogens (tertiary/aromatic N) is 2. The lowest BCUT2D eigenvalue weighted by Gasteiger charge is -2.33. The van der Waals surface area contributed by atoms with Gasteiger partial charge in [-0.15, -0.1) is 0 Å². The van der Waals surface area contributed by atoms with Crippen LogP contribution in [0.5, 0.6) is 0 Å². The second-order valence-corrected chi connectivity index (χ2v) is 8.15. The molecule has 23 heavy (non-hydrogen) atoms. The topological polar surface area (TPSA) is 57.7 Å². The number of carbonyl (C=O) groups is 1. The van der Waals surface area contributed by atoms with Gasteiger partial charge in [0, 0.05) is 31.7 Å². The van der Waals surface area contributed by atoms with Gasteiger partial charge in [0.05, 0.1) is 5.75 Å². The molecule has 1 heterocycles. The molecule has 2 rings (SSSR count). The summed E-state index contributed by atoms with van der Waals surface area (Å²) < 4.78 is 25.2. The highest BCUT2D eigenvalue weighted by molar-refractivity contribution is 7.89. The number of piperazine rings is 1. The van der Waals surface area contributed by atoms with Crippen molar-refractivity contribution in [2.24, 2.45) is 0 Å². The Hall–Kier alpha value is -1.40. The average Bonchev–Trinajstić information content (AvgIpc) is 2.60. The van der Waals surface area contributed by atoms with Crippen molar-refractivity contribution in [3.8, 4) is 0 Å². The van der Waals surface area contributed by atoms with Crippen molar-refractivity contribution in [1.29, 1.82) is 0 Å². The summed E-state index contributed by atoms with van der Waals surface area (Å²) >= 11 is 0. The zero-order chi connectivity index (χ0) is 16.9. The predicted octanol–water partition coefficient (Wildman–Crippen LogP) is 2.14. The van der Waals surface area contributed by atoms with Crippen molar-refractivity contribution in [1.82, 2.24) is 9.21 Å². The number of carbonyl (C=O) groups excluding carboxylic acids is 1. The smallest absolute Gasteiger partial charge is 0.253 e. The average molecular weight is 338 g/mol. The van der Waals surface area contributed by atoms with Crippen molar-refractivity contribution >= 4 is 15.9 Å². The summed E-state index contributed by atoms with van der Waals surface area (Å²) in [5.74, 6) is 0.0979. The van der Waals surface area contributed by atoms with Gasteiger partial charge in [-0.25, -0.2) is 8.42 Å². The molecule has 0 aliphatic carbocycles. The van der Waals surface area contributed by atoms with Gasteiger partial charge in [0.2, 0.25) is 10.0 Å². The molecule has 5 nitrogen and oxygen atoms in total. The first kappa shape index (κ1) is 17.9. The highest BCUT2D eigenvalue weighted by Crippen LogP contribution is 2.13. The van der Waals surface area contributed by atoms with Crippen LogP contribution in [0.1, 0.15) is 42.6 Å². The summed E-state index contributed by atoms with van der Waals surface area (Å²) in [6, 6.07) is 7.78. The van der Waals surface area contributed by atoms with E-state index in [9.17, 15) is 13.2 Å². The second-order valence-electron chi connectivity index (χ2n) is 5.89. The molecule has 1 aromatic carbocycles. The van der Waals surface area contributed by atoms with Crippen LogP contribution in [0.2, 0.25) is 0 Å². The minimum atomic E-state index is -3.15. The van der Waals surface area contributed by atoms with Crippen molar-refractivity contribution in [2.75, 3.05) is 31.9 Å². The van der Waals surface area contributed by atoms with E-state index < -0.39 is 10.0 Å². The third-order valence-electron chi connectivity index (χ3n) is 4.30. The predicted molar refractivity (Wildman–Crippen MR) is 92.0 cm³/mol. The number of hydrogen-bond acceptors (Lipinski definition) is 3. The lowest BCUT2D eigenvalue weighted by Crippen LogP contribution is -2.50. The van der Waals surface area contributed by atoms with Crippen LogP contribution < -0.4 is 0 Å². The van der Waals surface area contributed by atoms with Crippen LogP contribution in [0.4, 0.5) is 0 Å². The Labute approximate surface area is 139 Å². The minimum absolute atomic E-state index is 0.0133. The fourth-order valence-corrected chi connectivity index (χ4v) is 3.81. The van der Waals surface area contributed by atoms with E-state index in [4.69, 9.17) is 0 Å². The van der Waals surface area contributed by atoms with Gasteiger partial charge >= 0.3 is 0 Å². The summed E-state index contributed by atoms with van der Waals surface area (Å²) in [5.41, 5.74) is 1.93. The molecule has 1 saturated heterocycles. The zero-order valence-electron chi connectivity index (χ0n) is 14.0. The molecule has 6 heteroatoms. The minimum Gasteiger partial charge on any atom is -0.336 e. The van der Waals surface area contributed by atoms with Crippen LogP contribution in [0.25, 0.3) is 0 Å². The Bertz CT molecular complexity index is 618. The van der Waals surface area contributed by atoms with E-state index in [1.165, 1.54) is 9.87 Å². The van der Waals surface area contributed by atoms with Gasteiger partial charge in [0.15, 0.2) is 0 Å². The van der Waals surface area contributed by atoms with E-state index in [0.717, 1.165) is 19.3 Å². The highest BCUT2D eigenvalue weighted by Gasteiger charge is 2.27. The number of hydrogen-bond donors (Lipinski definition) is 0. The number of rotatable bonds is 6. The molecule has 0 spiro atoms. The Morgan fingerprint density at radius 3 is 2.17 bits per heavy atom. The van der Waals surface area contributed by atoms with Crippen LogP contribution in [0.15, 0.2) is 24.3 Å². The third-order valence-corrected chi connectivity index (χ3v) is 6.19. The number of aryl methyl sites for hydroxylation is 1. The molecule has 128 valence electrons. The molecule has 1 aliphatic rings. The van der Waals surface area contributed by atoms with E-state index >= 15 is 0 Å². The Morgan fingerprint density at radius 2 is 1.65 bits per heavy atom. The lowest BCUT2D eigenvalue weighted by atomic mass is 10.1.